The van der Waals surface area contributed by atoms with Gasteiger partial charge in [-0.2, -0.15) is 0 Å². The molecule has 0 saturated heterocycles. The fourth-order valence-electron chi connectivity index (χ4n) is 0.733. The van der Waals surface area contributed by atoms with E-state index in [1.165, 1.54) is 3.58 Å². The molecule has 0 radical (unpaired) electrons. The molecule has 0 fully saturated rings. The van der Waals surface area contributed by atoms with Gasteiger partial charge < -0.3 is 0 Å². The SMILES string of the molecule is NC(Cc1ccc[te]1)C(=O)O. The Labute approximate surface area is 74.4 Å². The molecule has 1 atom stereocenters. The Morgan fingerprint density at radius 1 is 1.82 bits per heavy atom. The van der Waals surface area contributed by atoms with Gasteiger partial charge in [-0.15, -0.1) is 0 Å². The van der Waals surface area contributed by atoms with Crippen molar-refractivity contribution in [1.82, 2.24) is 0 Å². The van der Waals surface area contributed by atoms with Crippen LogP contribution in [0.5, 0.6) is 0 Å². The first-order chi connectivity index (χ1) is 5.20. The number of hydrogen-bond acceptors (Lipinski definition) is 2. The molecule has 0 aliphatic carbocycles. The van der Waals surface area contributed by atoms with Crippen molar-refractivity contribution in [3.63, 3.8) is 0 Å². The third kappa shape index (κ3) is 2.66. The van der Waals surface area contributed by atoms with Gasteiger partial charge in [-0.3, -0.25) is 0 Å². The van der Waals surface area contributed by atoms with Gasteiger partial charge in [0, 0.05) is 0 Å². The van der Waals surface area contributed by atoms with Crippen molar-refractivity contribution >= 4 is 26.4 Å². The third-order valence-electron chi connectivity index (χ3n) is 1.32. The Hall–Kier alpha value is -0.300. The topological polar surface area (TPSA) is 63.3 Å². The summed E-state index contributed by atoms with van der Waals surface area (Å²) in [5.74, 6) is -0.912. The average molecular weight is 267 g/mol. The molecule has 1 aromatic heterocycles. The van der Waals surface area contributed by atoms with Crippen molar-refractivity contribution in [2.75, 3.05) is 0 Å². The molecule has 0 amide bonds. The van der Waals surface area contributed by atoms with E-state index in [9.17, 15) is 4.79 Å². The van der Waals surface area contributed by atoms with E-state index in [0.717, 1.165) is 0 Å². The summed E-state index contributed by atoms with van der Waals surface area (Å²) in [6, 6.07) is 3.24. The van der Waals surface area contributed by atoms with Crippen LogP contribution in [0.1, 0.15) is 3.58 Å². The Morgan fingerprint density at radius 3 is 3.00 bits per heavy atom. The van der Waals surface area contributed by atoms with Gasteiger partial charge >= 0.3 is 74.3 Å². The summed E-state index contributed by atoms with van der Waals surface area (Å²) in [6.45, 7) is 0. The molecule has 0 aromatic carbocycles. The van der Waals surface area contributed by atoms with Gasteiger partial charge in [0.2, 0.25) is 0 Å². The minimum absolute atomic E-state index is 0.208. The van der Waals surface area contributed by atoms with E-state index in [1.54, 1.807) is 0 Å². The van der Waals surface area contributed by atoms with Gasteiger partial charge in [-0.05, 0) is 0 Å². The zero-order valence-electron chi connectivity index (χ0n) is 5.86. The zero-order chi connectivity index (χ0) is 8.27. The van der Waals surface area contributed by atoms with Crippen molar-refractivity contribution in [2.24, 2.45) is 5.73 Å². The van der Waals surface area contributed by atoms with Crippen LogP contribution in [0.4, 0.5) is 0 Å². The summed E-state index contributed by atoms with van der Waals surface area (Å²) in [7, 11) is 0. The predicted octanol–water partition coefficient (Wildman–Crippen LogP) is -0.302. The number of carboxylic acids is 1. The first-order valence-electron chi connectivity index (χ1n) is 3.21. The Bertz CT molecular complexity index is 233. The number of rotatable bonds is 3. The second-order valence-corrected chi connectivity index (χ2v) is 5.17. The Morgan fingerprint density at radius 2 is 2.55 bits per heavy atom. The number of aliphatic carboxylic acids is 1. The third-order valence-corrected chi connectivity index (χ3v) is 3.88. The molecule has 60 valence electrons. The van der Waals surface area contributed by atoms with Crippen LogP contribution in [-0.4, -0.2) is 37.5 Å². The Balaban J connectivity index is 2.50. The fourth-order valence-corrected chi connectivity index (χ4v) is 2.92. The average Bonchev–Trinajstić information content (AvgIpc) is 2.39. The van der Waals surface area contributed by atoms with Gasteiger partial charge in [0.25, 0.3) is 0 Å². The van der Waals surface area contributed by atoms with Gasteiger partial charge in [0.05, 0.1) is 0 Å². The van der Waals surface area contributed by atoms with Crippen molar-refractivity contribution < 1.29 is 9.90 Å². The number of nitrogens with two attached hydrogens (primary N) is 1. The van der Waals surface area contributed by atoms with Gasteiger partial charge in [-0.25, -0.2) is 0 Å². The van der Waals surface area contributed by atoms with E-state index < -0.39 is 12.0 Å². The quantitative estimate of drug-likeness (QED) is 0.739. The van der Waals surface area contributed by atoms with E-state index in [0.29, 0.717) is 6.42 Å². The molecule has 11 heavy (non-hydrogen) atoms. The second kappa shape index (κ2) is 3.91. The van der Waals surface area contributed by atoms with Crippen LogP contribution in [-0.2, 0) is 11.2 Å². The second-order valence-electron chi connectivity index (χ2n) is 2.23. The summed E-state index contributed by atoms with van der Waals surface area (Å²) in [5, 5.41) is 8.48. The standard InChI is InChI=1S/C7H9NO2Te/c8-6(7(9)10)4-5-2-1-3-11-5/h1-3,6H,4,8H2,(H,9,10). The maximum atomic E-state index is 10.3. The van der Waals surface area contributed by atoms with Crippen LogP contribution in [0.2, 0.25) is 0 Å². The molecular weight excluding hydrogens is 258 g/mol. The molecular formula is C7H9NO2Te. The van der Waals surface area contributed by atoms with E-state index in [4.69, 9.17) is 10.8 Å². The summed E-state index contributed by atoms with van der Waals surface area (Å²) in [6.07, 6.45) is 0.518. The molecule has 1 unspecified atom stereocenters. The predicted molar refractivity (Wildman–Crippen MR) is 42.7 cm³/mol. The molecule has 3 N–H and O–H groups in total. The molecule has 3 nitrogen and oxygen atoms in total. The van der Waals surface area contributed by atoms with Crippen LogP contribution < -0.4 is 5.73 Å². The zero-order valence-corrected chi connectivity index (χ0v) is 8.19. The van der Waals surface area contributed by atoms with Crippen molar-refractivity contribution in [1.29, 1.82) is 0 Å². The molecule has 1 heterocycles. The molecule has 0 bridgehead atoms. The molecule has 0 spiro atoms. The molecule has 1 aromatic rings. The van der Waals surface area contributed by atoms with Crippen LogP contribution in [0.15, 0.2) is 16.2 Å². The number of hydrogen-bond donors (Lipinski definition) is 2. The summed E-state index contributed by atoms with van der Waals surface area (Å²) in [4.78, 5) is 10.3. The first-order valence-corrected chi connectivity index (χ1v) is 5.72. The van der Waals surface area contributed by atoms with E-state index in [1.807, 2.05) is 12.1 Å². The van der Waals surface area contributed by atoms with Crippen LogP contribution >= 0.6 is 0 Å². The normalized spacial score (nSPS) is 12.8. The summed E-state index contributed by atoms with van der Waals surface area (Å²) >= 11 is -0.208. The molecule has 0 aliphatic heterocycles. The van der Waals surface area contributed by atoms with Crippen LogP contribution in [0, 0.1) is 0 Å². The van der Waals surface area contributed by atoms with Crippen LogP contribution in [0.25, 0.3) is 0 Å². The van der Waals surface area contributed by atoms with Crippen LogP contribution in [0.3, 0.4) is 0 Å². The van der Waals surface area contributed by atoms with Gasteiger partial charge in [0.1, 0.15) is 0 Å². The van der Waals surface area contributed by atoms with E-state index in [-0.39, 0.29) is 20.4 Å². The molecule has 0 aliphatic rings. The van der Waals surface area contributed by atoms with E-state index >= 15 is 0 Å². The van der Waals surface area contributed by atoms with Gasteiger partial charge in [0.15, 0.2) is 0 Å². The van der Waals surface area contributed by atoms with Crippen molar-refractivity contribution in [3.05, 3.63) is 19.8 Å². The molecule has 4 heteroatoms. The van der Waals surface area contributed by atoms with Crippen molar-refractivity contribution in [2.45, 2.75) is 12.5 Å². The summed E-state index contributed by atoms with van der Waals surface area (Å²) < 4.78 is 3.35. The number of carboxylic acid groups (broad SMARTS) is 1. The fraction of sp³-hybridized carbons (Fsp3) is 0.286. The minimum atomic E-state index is -0.912. The monoisotopic (exact) mass is 269 g/mol. The van der Waals surface area contributed by atoms with Gasteiger partial charge in [-0.1, -0.05) is 0 Å². The first kappa shape index (κ1) is 8.79. The Kier molecular flexibility index (Phi) is 3.13. The maximum absolute atomic E-state index is 10.3. The molecule has 1 rings (SSSR count). The van der Waals surface area contributed by atoms with E-state index in [2.05, 4.69) is 4.08 Å². The number of carbonyl (C=O) groups is 1. The van der Waals surface area contributed by atoms with Crippen molar-refractivity contribution in [3.8, 4) is 0 Å². The summed E-state index contributed by atoms with van der Waals surface area (Å²) in [5.41, 5.74) is 5.35. The molecule has 0 saturated carbocycles.